The second kappa shape index (κ2) is 9.52. The number of halogens is 1. The first-order chi connectivity index (χ1) is 8.10. The number of rotatable bonds is 9. The van der Waals surface area contributed by atoms with E-state index in [2.05, 4.69) is 6.92 Å². The van der Waals surface area contributed by atoms with Gasteiger partial charge in [-0.1, -0.05) is 51.1 Å². The molecule has 0 aromatic heterocycles. The van der Waals surface area contributed by atoms with Crippen LogP contribution in [0.15, 0.2) is 11.6 Å². The Morgan fingerprint density at radius 3 is 2.53 bits per heavy atom. The minimum atomic E-state index is -0.339. The van der Waals surface area contributed by atoms with Gasteiger partial charge in [-0.25, -0.2) is 0 Å². The van der Waals surface area contributed by atoms with E-state index in [4.69, 9.17) is 16.3 Å². The van der Waals surface area contributed by atoms with Crippen LogP contribution in [0.5, 0.6) is 0 Å². The van der Waals surface area contributed by atoms with Crippen LogP contribution in [0.4, 0.5) is 0 Å². The number of hydrogen-bond donors (Lipinski definition) is 0. The number of carbonyl (C=O) groups excluding carboxylic acids is 1. The average molecular weight is 261 g/mol. The van der Waals surface area contributed by atoms with Gasteiger partial charge in [-0.3, -0.25) is 4.79 Å². The Morgan fingerprint density at radius 2 is 2.00 bits per heavy atom. The Hall–Kier alpha value is -0.500. The minimum absolute atomic E-state index is 0.105. The first kappa shape index (κ1) is 16.5. The fraction of sp³-hybridized carbons (Fsp3) is 0.786. The molecule has 0 rings (SSSR count). The van der Waals surface area contributed by atoms with Gasteiger partial charge in [-0.15, -0.1) is 0 Å². The maximum absolute atomic E-state index is 11.9. The van der Waals surface area contributed by atoms with E-state index in [0.717, 1.165) is 19.3 Å². The summed E-state index contributed by atoms with van der Waals surface area (Å²) >= 11 is 5.38. The van der Waals surface area contributed by atoms with Crippen LogP contribution < -0.4 is 0 Å². The standard InChI is InChI=1S/C14H25ClO2/c1-4-6-7-8-10-14(3,5-2)13(16)17-12-9-11-15/h9,11H,4-8,10,12H2,1-3H3/b11-9+. The molecular weight excluding hydrogens is 236 g/mol. The fourth-order valence-electron chi connectivity index (χ4n) is 1.70. The van der Waals surface area contributed by atoms with Crippen molar-refractivity contribution in [2.24, 2.45) is 5.41 Å². The van der Waals surface area contributed by atoms with Crippen molar-refractivity contribution in [3.63, 3.8) is 0 Å². The molecule has 0 aromatic carbocycles. The highest BCUT2D eigenvalue weighted by Gasteiger charge is 2.31. The van der Waals surface area contributed by atoms with Crippen molar-refractivity contribution in [1.82, 2.24) is 0 Å². The van der Waals surface area contributed by atoms with Gasteiger partial charge in [0.25, 0.3) is 0 Å². The highest BCUT2D eigenvalue weighted by molar-refractivity contribution is 6.25. The van der Waals surface area contributed by atoms with E-state index in [0.29, 0.717) is 0 Å². The van der Waals surface area contributed by atoms with E-state index in [1.54, 1.807) is 6.08 Å². The average Bonchev–Trinajstić information content (AvgIpc) is 2.34. The summed E-state index contributed by atoms with van der Waals surface area (Å²) in [6, 6.07) is 0. The normalized spacial score (nSPS) is 14.8. The zero-order chi connectivity index (χ0) is 13.1. The smallest absolute Gasteiger partial charge is 0.312 e. The van der Waals surface area contributed by atoms with Gasteiger partial charge in [-0.2, -0.15) is 0 Å². The predicted octanol–water partition coefficient (Wildman–Crippen LogP) is 4.67. The lowest BCUT2D eigenvalue weighted by Crippen LogP contribution is -2.29. The molecule has 0 saturated heterocycles. The number of unbranched alkanes of at least 4 members (excludes halogenated alkanes) is 3. The molecule has 100 valence electrons. The van der Waals surface area contributed by atoms with Crippen molar-refractivity contribution in [3.05, 3.63) is 11.6 Å². The van der Waals surface area contributed by atoms with E-state index < -0.39 is 0 Å². The Kier molecular flexibility index (Phi) is 9.24. The summed E-state index contributed by atoms with van der Waals surface area (Å²) < 4.78 is 5.19. The largest absolute Gasteiger partial charge is 0.461 e. The molecular formula is C14H25ClO2. The number of carbonyl (C=O) groups is 1. The number of hydrogen-bond acceptors (Lipinski definition) is 2. The Labute approximate surface area is 110 Å². The molecule has 0 aliphatic rings. The molecule has 0 aliphatic heterocycles. The maximum atomic E-state index is 11.9. The molecule has 0 radical (unpaired) electrons. The summed E-state index contributed by atoms with van der Waals surface area (Å²) in [5, 5.41) is 0. The van der Waals surface area contributed by atoms with E-state index in [1.165, 1.54) is 24.8 Å². The van der Waals surface area contributed by atoms with Crippen molar-refractivity contribution in [3.8, 4) is 0 Å². The maximum Gasteiger partial charge on any atom is 0.312 e. The van der Waals surface area contributed by atoms with Gasteiger partial charge in [0.2, 0.25) is 0 Å². The molecule has 1 atom stereocenters. The Balaban J connectivity index is 4.09. The number of ether oxygens (including phenoxy) is 1. The van der Waals surface area contributed by atoms with Crippen LogP contribution in [0.2, 0.25) is 0 Å². The van der Waals surface area contributed by atoms with Gasteiger partial charge < -0.3 is 4.74 Å². The molecule has 1 unspecified atom stereocenters. The van der Waals surface area contributed by atoms with Crippen molar-refractivity contribution in [2.75, 3.05) is 6.61 Å². The zero-order valence-electron chi connectivity index (χ0n) is 11.3. The van der Waals surface area contributed by atoms with E-state index >= 15 is 0 Å². The monoisotopic (exact) mass is 260 g/mol. The highest BCUT2D eigenvalue weighted by Crippen LogP contribution is 2.30. The second-order valence-corrected chi connectivity index (χ2v) is 4.94. The van der Waals surface area contributed by atoms with Gasteiger partial charge in [0.05, 0.1) is 5.41 Å². The van der Waals surface area contributed by atoms with Crippen molar-refractivity contribution in [1.29, 1.82) is 0 Å². The molecule has 0 bridgehead atoms. The van der Waals surface area contributed by atoms with Gasteiger partial charge in [0.1, 0.15) is 6.61 Å². The molecule has 0 aliphatic carbocycles. The Morgan fingerprint density at radius 1 is 1.29 bits per heavy atom. The molecule has 0 aromatic rings. The lowest BCUT2D eigenvalue weighted by atomic mass is 9.82. The van der Waals surface area contributed by atoms with Gasteiger partial charge >= 0.3 is 5.97 Å². The third-order valence-electron chi connectivity index (χ3n) is 3.25. The highest BCUT2D eigenvalue weighted by atomic mass is 35.5. The zero-order valence-corrected chi connectivity index (χ0v) is 12.1. The SMILES string of the molecule is CCCCCCC(C)(CC)C(=O)OC/C=C/Cl. The van der Waals surface area contributed by atoms with Crippen LogP contribution >= 0.6 is 11.6 Å². The van der Waals surface area contributed by atoms with Crippen molar-refractivity contribution >= 4 is 17.6 Å². The first-order valence-electron chi connectivity index (χ1n) is 6.53. The molecule has 0 heterocycles. The van der Waals surface area contributed by atoms with Crippen LogP contribution in [-0.2, 0) is 9.53 Å². The topological polar surface area (TPSA) is 26.3 Å². The van der Waals surface area contributed by atoms with E-state index in [1.807, 2.05) is 13.8 Å². The van der Waals surface area contributed by atoms with E-state index in [-0.39, 0.29) is 18.0 Å². The molecule has 0 saturated carbocycles. The second-order valence-electron chi connectivity index (χ2n) is 4.69. The van der Waals surface area contributed by atoms with Crippen LogP contribution in [0.1, 0.15) is 59.3 Å². The van der Waals surface area contributed by atoms with Crippen molar-refractivity contribution < 1.29 is 9.53 Å². The summed E-state index contributed by atoms with van der Waals surface area (Å²) in [6.07, 6.45) is 8.11. The Bertz CT molecular complexity index is 238. The molecule has 0 amide bonds. The van der Waals surface area contributed by atoms with Gasteiger partial charge in [-0.05, 0) is 25.8 Å². The number of esters is 1. The summed E-state index contributed by atoms with van der Waals surface area (Å²) in [6.45, 7) is 6.49. The summed E-state index contributed by atoms with van der Waals surface area (Å²) in [7, 11) is 0. The quantitative estimate of drug-likeness (QED) is 0.445. The fourth-order valence-corrected chi connectivity index (χ4v) is 1.77. The van der Waals surface area contributed by atoms with Gasteiger partial charge in [0.15, 0.2) is 0 Å². The minimum Gasteiger partial charge on any atom is -0.461 e. The molecule has 0 spiro atoms. The molecule has 17 heavy (non-hydrogen) atoms. The molecule has 3 heteroatoms. The third-order valence-corrected chi connectivity index (χ3v) is 3.43. The van der Waals surface area contributed by atoms with Gasteiger partial charge in [0, 0.05) is 5.54 Å². The molecule has 0 fully saturated rings. The third kappa shape index (κ3) is 6.72. The van der Waals surface area contributed by atoms with Crippen LogP contribution in [0.25, 0.3) is 0 Å². The lowest BCUT2D eigenvalue weighted by Gasteiger charge is -2.25. The summed E-state index contributed by atoms with van der Waals surface area (Å²) in [5.74, 6) is -0.105. The predicted molar refractivity (Wildman–Crippen MR) is 73.1 cm³/mol. The van der Waals surface area contributed by atoms with Crippen molar-refractivity contribution in [2.45, 2.75) is 59.3 Å². The van der Waals surface area contributed by atoms with Crippen LogP contribution in [0.3, 0.4) is 0 Å². The molecule has 2 nitrogen and oxygen atoms in total. The van der Waals surface area contributed by atoms with E-state index in [9.17, 15) is 4.79 Å². The van der Waals surface area contributed by atoms with Crippen LogP contribution in [0, 0.1) is 5.41 Å². The summed E-state index contributed by atoms with van der Waals surface area (Å²) in [5.41, 5.74) is 1.03. The van der Waals surface area contributed by atoms with Crippen LogP contribution in [-0.4, -0.2) is 12.6 Å². The lowest BCUT2D eigenvalue weighted by molar-refractivity contribution is -0.154. The first-order valence-corrected chi connectivity index (χ1v) is 6.96. The summed E-state index contributed by atoms with van der Waals surface area (Å²) in [4.78, 5) is 11.9. The molecule has 0 N–H and O–H groups in total.